The predicted octanol–water partition coefficient (Wildman–Crippen LogP) is 6.80. The quantitative estimate of drug-likeness (QED) is 0.132. The lowest BCUT2D eigenvalue weighted by molar-refractivity contribution is -0.870. The van der Waals surface area contributed by atoms with Crippen molar-refractivity contribution in [1.29, 1.82) is 0 Å². The van der Waals surface area contributed by atoms with Crippen LogP contribution in [0.3, 0.4) is 0 Å². The van der Waals surface area contributed by atoms with Crippen LogP contribution in [0.1, 0.15) is 17.5 Å². The van der Waals surface area contributed by atoms with Gasteiger partial charge in [0.25, 0.3) is 0 Å². The lowest BCUT2D eigenvalue weighted by Gasteiger charge is -2.23. The Morgan fingerprint density at radius 2 is 1.38 bits per heavy atom. The van der Waals surface area contributed by atoms with E-state index in [1.54, 1.807) is 12.1 Å². The molecule has 42 heavy (non-hydrogen) atoms. The van der Waals surface area contributed by atoms with Crippen LogP contribution in [0, 0.1) is 0 Å². The lowest BCUT2D eigenvalue weighted by Crippen LogP contribution is -2.36. The van der Waals surface area contributed by atoms with E-state index in [1.807, 2.05) is 72.8 Å². The molecule has 0 spiro atoms. The Hall–Kier alpha value is -4.75. The Balaban J connectivity index is 1.53. The number of fused-ring (bicyclic) bond motifs is 1. The fraction of sp³-hybridized carbons (Fsp3) is 0.229. The number of quaternary nitrogens is 1. The molecular formula is C35H36NO6+. The van der Waals surface area contributed by atoms with Crippen molar-refractivity contribution < 1.29 is 28.2 Å². The molecule has 0 saturated heterocycles. The van der Waals surface area contributed by atoms with Gasteiger partial charge >= 0.3 is 0 Å². The number of hydrogen-bond acceptors (Lipinski definition) is 6. The van der Waals surface area contributed by atoms with Crippen LogP contribution in [0.5, 0.6) is 23.0 Å². The van der Waals surface area contributed by atoms with E-state index in [-0.39, 0.29) is 28.3 Å². The summed E-state index contributed by atoms with van der Waals surface area (Å²) in [7, 11) is 6.34. The van der Waals surface area contributed by atoms with E-state index < -0.39 is 0 Å². The zero-order chi connectivity index (χ0) is 29.5. The van der Waals surface area contributed by atoms with E-state index >= 15 is 0 Å². The minimum absolute atomic E-state index is 0.00441. The van der Waals surface area contributed by atoms with Gasteiger partial charge in [-0.25, -0.2) is 0 Å². The van der Waals surface area contributed by atoms with Crippen LogP contribution >= 0.6 is 0 Å². The standard InChI is InChI=1S/C35H35NO6/c1-36(2,3)19-10-20-39-35-33(38)29-17-16-28(37)22-31(29)42-34(35)27-15-18-30(40-23-25-11-6-4-7-12-25)32(21-27)41-24-26-13-8-5-9-14-26/h4-9,11-18,21-22H,10,19-20,23-24H2,1-3H3/p+1. The Labute approximate surface area is 245 Å². The zero-order valence-electron chi connectivity index (χ0n) is 24.2. The SMILES string of the molecule is C[N+](C)(C)CCCOc1c(-c2ccc(OCc3ccccc3)c(OCc3ccccc3)c2)oc2cc(O)ccc2c1=O. The highest BCUT2D eigenvalue weighted by Gasteiger charge is 2.21. The summed E-state index contributed by atoms with van der Waals surface area (Å²) in [6, 6.07) is 29.7. The van der Waals surface area contributed by atoms with Gasteiger partial charge in [0.2, 0.25) is 11.2 Å². The zero-order valence-corrected chi connectivity index (χ0v) is 24.2. The fourth-order valence-electron chi connectivity index (χ4n) is 4.55. The average Bonchev–Trinajstić information content (AvgIpc) is 2.98. The molecule has 0 unspecified atom stereocenters. The van der Waals surface area contributed by atoms with Gasteiger partial charge in [-0.15, -0.1) is 0 Å². The molecule has 0 amide bonds. The van der Waals surface area contributed by atoms with Gasteiger partial charge in [0, 0.05) is 18.1 Å². The first-order chi connectivity index (χ1) is 20.3. The van der Waals surface area contributed by atoms with Crippen LogP contribution in [0.2, 0.25) is 0 Å². The van der Waals surface area contributed by atoms with Crippen LogP contribution in [-0.2, 0) is 13.2 Å². The topological polar surface area (TPSA) is 78.1 Å². The maximum absolute atomic E-state index is 13.6. The molecular weight excluding hydrogens is 530 g/mol. The van der Waals surface area contributed by atoms with Gasteiger partial charge in [-0.1, -0.05) is 60.7 Å². The van der Waals surface area contributed by atoms with Crippen molar-refractivity contribution in [1.82, 2.24) is 0 Å². The third-order valence-corrected chi connectivity index (χ3v) is 6.73. The smallest absolute Gasteiger partial charge is 0.235 e. The van der Waals surface area contributed by atoms with Gasteiger partial charge in [0.1, 0.15) is 24.5 Å². The molecule has 0 fully saturated rings. The molecule has 5 aromatic rings. The summed E-state index contributed by atoms with van der Waals surface area (Å²) in [6.45, 7) is 1.93. The summed E-state index contributed by atoms with van der Waals surface area (Å²) in [5, 5.41) is 10.4. The Bertz CT molecular complexity index is 1690. The minimum Gasteiger partial charge on any atom is -0.508 e. The maximum Gasteiger partial charge on any atom is 0.235 e. The first-order valence-electron chi connectivity index (χ1n) is 14.0. The molecule has 1 N–H and O–H groups in total. The minimum atomic E-state index is -0.298. The molecule has 7 heteroatoms. The van der Waals surface area contributed by atoms with E-state index in [4.69, 9.17) is 18.6 Å². The van der Waals surface area contributed by atoms with Crippen LogP contribution in [0.25, 0.3) is 22.3 Å². The van der Waals surface area contributed by atoms with E-state index in [0.29, 0.717) is 42.3 Å². The third-order valence-electron chi connectivity index (χ3n) is 6.73. The van der Waals surface area contributed by atoms with E-state index in [2.05, 4.69) is 21.1 Å². The van der Waals surface area contributed by atoms with Gasteiger partial charge in [0.05, 0.1) is 39.7 Å². The van der Waals surface area contributed by atoms with Crippen molar-refractivity contribution in [3.8, 4) is 34.3 Å². The molecule has 7 nitrogen and oxygen atoms in total. The van der Waals surface area contributed by atoms with Gasteiger partial charge in [-0.2, -0.15) is 0 Å². The van der Waals surface area contributed by atoms with E-state index in [0.717, 1.165) is 28.6 Å². The molecule has 0 atom stereocenters. The van der Waals surface area contributed by atoms with Gasteiger partial charge in [0.15, 0.2) is 17.3 Å². The number of benzene rings is 4. The number of nitrogens with zero attached hydrogens (tertiary/aromatic N) is 1. The molecule has 4 aromatic carbocycles. The number of phenols is 1. The van der Waals surface area contributed by atoms with E-state index in [9.17, 15) is 9.90 Å². The lowest BCUT2D eigenvalue weighted by atomic mass is 10.1. The molecule has 0 bridgehead atoms. The van der Waals surface area contributed by atoms with Crippen molar-refractivity contribution >= 4 is 11.0 Å². The number of hydrogen-bond donors (Lipinski definition) is 1. The summed E-state index contributed by atoms with van der Waals surface area (Å²) < 4.78 is 25.6. The molecule has 5 rings (SSSR count). The molecule has 1 aromatic heterocycles. The highest BCUT2D eigenvalue weighted by atomic mass is 16.5. The summed E-state index contributed by atoms with van der Waals surface area (Å²) in [4.78, 5) is 13.6. The van der Waals surface area contributed by atoms with E-state index in [1.165, 1.54) is 12.1 Å². The molecule has 0 aliphatic carbocycles. The fourth-order valence-corrected chi connectivity index (χ4v) is 4.55. The second-order valence-corrected chi connectivity index (χ2v) is 11.2. The summed E-state index contributed by atoms with van der Waals surface area (Å²) >= 11 is 0. The number of ether oxygens (including phenoxy) is 3. The van der Waals surface area contributed by atoms with Crippen molar-refractivity contribution in [3.05, 3.63) is 118 Å². The molecule has 1 heterocycles. The van der Waals surface area contributed by atoms with Gasteiger partial charge in [-0.05, 0) is 41.5 Å². The molecule has 216 valence electrons. The highest BCUT2D eigenvalue weighted by molar-refractivity contribution is 5.83. The van der Waals surface area contributed by atoms with Crippen LogP contribution < -0.4 is 19.6 Å². The Morgan fingerprint density at radius 3 is 2.02 bits per heavy atom. The summed E-state index contributed by atoms with van der Waals surface area (Å²) in [5.74, 6) is 1.46. The largest absolute Gasteiger partial charge is 0.508 e. The van der Waals surface area contributed by atoms with Crippen molar-refractivity contribution in [2.75, 3.05) is 34.3 Å². The third kappa shape index (κ3) is 7.30. The van der Waals surface area contributed by atoms with Gasteiger partial charge < -0.3 is 28.2 Å². The average molecular weight is 567 g/mol. The van der Waals surface area contributed by atoms with Crippen molar-refractivity contribution in [3.63, 3.8) is 0 Å². The predicted molar refractivity (Wildman–Crippen MR) is 164 cm³/mol. The number of phenolic OH excluding ortho intramolecular Hbond substituents is 1. The van der Waals surface area contributed by atoms with Crippen molar-refractivity contribution in [2.24, 2.45) is 0 Å². The monoisotopic (exact) mass is 566 g/mol. The summed E-state index contributed by atoms with van der Waals surface area (Å²) in [6.07, 6.45) is 0.758. The maximum atomic E-state index is 13.6. The second-order valence-electron chi connectivity index (χ2n) is 11.2. The van der Waals surface area contributed by atoms with Gasteiger partial charge in [-0.3, -0.25) is 4.79 Å². The highest BCUT2D eigenvalue weighted by Crippen LogP contribution is 2.38. The molecule has 0 saturated carbocycles. The first-order valence-corrected chi connectivity index (χ1v) is 14.0. The first kappa shape index (κ1) is 28.8. The molecule has 0 aliphatic rings. The van der Waals surface area contributed by atoms with Crippen molar-refractivity contribution in [2.45, 2.75) is 19.6 Å². The second kappa shape index (κ2) is 12.8. The Morgan fingerprint density at radius 1 is 0.738 bits per heavy atom. The number of rotatable bonds is 12. The molecule has 0 aliphatic heterocycles. The summed E-state index contributed by atoms with van der Waals surface area (Å²) in [5.41, 5.74) is 2.60. The van der Waals surface area contributed by atoms with Crippen LogP contribution in [0.15, 0.2) is 106 Å². The van der Waals surface area contributed by atoms with Crippen LogP contribution in [0.4, 0.5) is 0 Å². The number of aromatic hydroxyl groups is 1. The Kier molecular flexibility index (Phi) is 8.79. The normalized spacial score (nSPS) is 11.4. The molecule has 0 radical (unpaired) electrons. The van der Waals surface area contributed by atoms with Crippen LogP contribution in [-0.4, -0.2) is 43.9 Å².